The fourth-order valence-electron chi connectivity index (χ4n) is 0.788. The molecule has 0 saturated carbocycles. The first-order valence-electron chi connectivity index (χ1n) is 2.97. The van der Waals surface area contributed by atoms with Crippen LogP contribution in [0.4, 0.5) is 0 Å². The van der Waals surface area contributed by atoms with Crippen molar-refractivity contribution in [1.29, 1.82) is 0 Å². The molecule has 0 bridgehead atoms. The number of carbonyl (C=O) groups excluding carboxylic acids is 1. The van der Waals surface area contributed by atoms with Crippen molar-refractivity contribution in [3.63, 3.8) is 0 Å². The second-order valence-corrected chi connectivity index (χ2v) is 1.93. The minimum Gasteiger partial charge on any atom is -0.543 e. The topological polar surface area (TPSA) is 17.1 Å². The third-order valence-corrected chi connectivity index (χ3v) is 1.25. The number of rotatable bonds is 3. The van der Waals surface area contributed by atoms with E-state index in [-0.39, 0.29) is 21.7 Å². The second-order valence-electron chi connectivity index (χ2n) is 1.93. The monoisotopic (exact) mass is 168 g/mol. The Balaban J connectivity index is 0.000000810. The van der Waals surface area contributed by atoms with Crippen molar-refractivity contribution in [2.75, 3.05) is 0 Å². The number of allylic oxidation sites excluding steroid dienone is 4. The molecule has 1 nitrogen and oxygen atoms in total. The quantitative estimate of drug-likeness (QED) is 0.461. The predicted molar refractivity (Wildman–Crippen MR) is 36.5 cm³/mol. The van der Waals surface area contributed by atoms with Gasteiger partial charge in [-0.2, -0.15) is 0 Å². The van der Waals surface area contributed by atoms with E-state index in [4.69, 9.17) is 0 Å². The first kappa shape index (κ1) is 9.73. The van der Waals surface area contributed by atoms with E-state index in [0.717, 1.165) is 6.42 Å². The molecule has 0 aromatic heterocycles. The zero-order valence-corrected chi connectivity index (χ0v) is 7.19. The summed E-state index contributed by atoms with van der Waals surface area (Å²) < 4.78 is 0. The van der Waals surface area contributed by atoms with Crippen LogP contribution in [-0.4, -0.2) is 6.29 Å². The van der Waals surface area contributed by atoms with Crippen molar-refractivity contribution < 1.29 is 26.5 Å². The fraction of sp³-hybridized carbons (Fsp3) is 0.250. The van der Waals surface area contributed by atoms with Gasteiger partial charge in [-0.05, 0) is 6.42 Å². The van der Waals surface area contributed by atoms with Gasteiger partial charge < -0.3 is 4.79 Å². The van der Waals surface area contributed by atoms with Crippen molar-refractivity contribution in [2.45, 2.75) is 12.8 Å². The molecular weight excluding hydrogens is 160 g/mol. The van der Waals surface area contributed by atoms with Gasteiger partial charge in [0.25, 0.3) is 0 Å². The summed E-state index contributed by atoms with van der Waals surface area (Å²) in [6.45, 7) is 0. The third kappa shape index (κ3) is 3.04. The Kier molecular flexibility index (Phi) is 5.37. The largest absolute Gasteiger partial charge is 2.00 e. The maximum Gasteiger partial charge on any atom is 2.00 e. The maximum absolute atomic E-state index is 9.76. The molecule has 0 unspecified atom stereocenters. The van der Waals surface area contributed by atoms with Crippen LogP contribution in [-0.2, 0) is 26.5 Å². The van der Waals surface area contributed by atoms with Crippen molar-refractivity contribution >= 4 is 6.29 Å². The summed E-state index contributed by atoms with van der Waals surface area (Å²) in [6, 6.07) is 0. The Morgan fingerprint density at radius 1 is 1.70 bits per heavy atom. The molecule has 50 valence electrons. The Bertz CT molecular complexity index is 159. The van der Waals surface area contributed by atoms with Gasteiger partial charge in [0.2, 0.25) is 0 Å². The molecule has 0 heterocycles. The van der Waals surface area contributed by atoms with E-state index in [1.807, 2.05) is 24.9 Å². The smallest absolute Gasteiger partial charge is 0.543 e. The van der Waals surface area contributed by atoms with Gasteiger partial charge in [0.15, 0.2) is 0 Å². The van der Waals surface area contributed by atoms with E-state index in [9.17, 15) is 4.79 Å². The molecule has 0 radical (unpaired) electrons. The van der Waals surface area contributed by atoms with Crippen molar-refractivity contribution in [3.8, 4) is 0 Å². The van der Waals surface area contributed by atoms with Gasteiger partial charge in [-0.3, -0.25) is 12.7 Å². The SMILES string of the molecule is O=[C-]C[CH-]C1=CC=CC1.[Ti+2]. The minimum absolute atomic E-state index is 0. The summed E-state index contributed by atoms with van der Waals surface area (Å²) in [7, 11) is 0. The van der Waals surface area contributed by atoms with Crippen LogP contribution >= 0.6 is 0 Å². The van der Waals surface area contributed by atoms with Crippen LogP contribution < -0.4 is 0 Å². The van der Waals surface area contributed by atoms with E-state index < -0.39 is 0 Å². The van der Waals surface area contributed by atoms with Gasteiger partial charge in [-0.1, -0.05) is 0 Å². The summed E-state index contributed by atoms with van der Waals surface area (Å²) in [5.41, 5.74) is 1.22. The summed E-state index contributed by atoms with van der Waals surface area (Å²) in [4.78, 5) is 9.76. The van der Waals surface area contributed by atoms with Crippen molar-refractivity contribution in [1.82, 2.24) is 0 Å². The summed E-state index contributed by atoms with van der Waals surface area (Å²) >= 11 is 0. The summed E-state index contributed by atoms with van der Waals surface area (Å²) in [6.07, 6.45) is 11.2. The first-order chi connectivity index (χ1) is 4.43. The van der Waals surface area contributed by atoms with Crippen molar-refractivity contribution in [2.24, 2.45) is 0 Å². The number of hydrogen-bond donors (Lipinski definition) is 0. The predicted octanol–water partition coefficient (Wildman–Crippen LogP) is 1.57. The van der Waals surface area contributed by atoms with Crippen LogP contribution in [0.2, 0.25) is 0 Å². The molecule has 1 aliphatic rings. The van der Waals surface area contributed by atoms with Gasteiger partial charge in [0.05, 0.1) is 0 Å². The Morgan fingerprint density at radius 3 is 3.00 bits per heavy atom. The van der Waals surface area contributed by atoms with Gasteiger partial charge >= 0.3 is 21.7 Å². The van der Waals surface area contributed by atoms with Gasteiger partial charge in [0, 0.05) is 0 Å². The molecule has 0 aliphatic heterocycles. The van der Waals surface area contributed by atoms with Crippen LogP contribution in [0, 0.1) is 6.42 Å². The minimum atomic E-state index is 0. The van der Waals surface area contributed by atoms with Crippen LogP contribution in [0.3, 0.4) is 0 Å². The molecule has 0 aromatic carbocycles. The van der Waals surface area contributed by atoms with Crippen LogP contribution in [0.15, 0.2) is 23.8 Å². The summed E-state index contributed by atoms with van der Waals surface area (Å²) in [5, 5.41) is 0. The summed E-state index contributed by atoms with van der Waals surface area (Å²) in [5.74, 6) is 0. The average molecular weight is 168 g/mol. The molecule has 0 aromatic rings. The molecule has 0 N–H and O–H groups in total. The molecule has 0 spiro atoms. The van der Waals surface area contributed by atoms with Crippen LogP contribution in [0.1, 0.15) is 12.8 Å². The molecular formula is C8H8OTi. The third-order valence-electron chi connectivity index (χ3n) is 1.25. The van der Waals surface area contributed by atoms with E-state index in [1.165, 1.54) is 5.57 Å². The first-order valence-corrected chi connectivity index (χ1v) is 2.97. The Labute approximate surface area is 76.1 Å². The molecule has 1 rings (SSSR count). The number of hydrogen-bond acceptors (Lipinski definition) is 1. The molecule has 0 amide bonds. The van der Waals surface area contributed by atoms with E-state index in [1.54, 1.807) is 0 Å². The molecule has 0 atom stereocenters. The molecule has 0 saturated heterocycles. The average Bonchev–Trinajstić information content (AvgIpc) is 2.34. The van der Waals surface area contributed by atoms with Crippen molar-refractivity contribution in [3.05, 3.63) is 30.2 Å². The van der Waals surface area contributed by atoms with E-state index in [2.05, 4.69) is 6.08 Å². The molecule has 1 aliphatic carbocycles. The van der Waals surface area contributed by atoms with Crippen LogP contribution in [0.25, 0.3) is 0 Å². The zero-order valence-electron chi connectivity index (χ0n) is 5.63. The Hall–Kier alpha value is -0.266. The zero-order chi connectivity index (χ0) is 6.53. The van der Waals surface area contributed by atoms with Crippen LogP contribution in [0.5, 0.6) is 0 Å². The van der Waals surface area contributed by atoms with Gasteiger partial charge in [0.1, 0.15) is 0 Å². The van der Waals surface area contributed by atoms with E-state index >= 15 is 0 Å². The molecule has 0 fully saturated rings. The van der Waals surface area contributed by atoms with Gasteiger partial charge in [-0.15, -0.1) is 12.2 Å². The standard InChI is InChI=1S/C8H8O.Ti/c9-7-3-6-8-4-1-2-5-8;/h1-2,4,6H,3,5H2;/q-2;+2. The molecule has 2 heteroatoms. The molecule has 10 heavy (non-hydrogen) atoms. The maximum atomic E-state index is 9.76. The Morgan fingerprint density at radius 2 is 2.50 bits per heavy atom. The van der Waals surface area contributed by atoms with Gasteiger partial charge in [-0.25, -0.2) is 18.1 Å². The van der Waals surface area contributed by atoms with E-state index in [0.29, 0.717) is 6.42 Å². The fourth-order valence-corrected chi connectivity index (χ4v) is 0.788. The normalized spacial score (nSPS) is 13.8. The second kappa shape index (κ2) is 5.51.